The van der Waals surface area contributed by atoms with Crippen LogP contribution in [0, 0.1) is 10.1 Å². The Morgan fingerprint density at radius 3 is 2.69 bits per heavy atom. The molecule has 0 bridgehead atoms. The number of carbonyl (C=O) groups excluding carboxylic acids is 1. The van der Waals surface area contributed by atoms with Gasteiger partial charge in [0.25, 0.3) is 0 Å². The van der Waals surface area contributed by atoms with Crippen LogP contribution in [0.3, 0.4) is 0 Å². The predicted molar refractivity (Wildman–Crippen MR) is 59.9 cm³/mol. The molecule has 0 unspecified atom stereocenters. The van der Waals surface area contributed by atoms with Gasteiger partial charge in [-0.3, -0.25) is 14.9 Å². The minimum absolute atomic E-state index is 0.327. The highest BCUT2D eigenvalue weighted by molar-refractivity contribution is 6.31. The van der Waals surface area contributed by atoms with E-state index in [-0.39, 0.29) is 12.5 Å². The Kier molecular flexibility index (Phi) is 4.25. The smallest absolute Gasteiger partial charge is 0.228 e. The van der Waals surface area contributed by atoms with Gasteiger partial charge in [-0.05, 0) is 11.6 Å². The molecule has 0 radical (unpaired) electrons. The van der Waals surface area contributed by atoms with Crippen LogP contribution in [0.1, 0.15) is 18.5 Å². The fourth-order valence-corrected chi connectivity index (χ4v) is 1.64. The quantitative estimate of drug-likeness (QED) is 0.646. The molecular weight excluding hydrogens is 232 g/mol. The fraction of sp³-hybridized carbons (Fsp3) is 0.300. The Balaban J connectivity index is 2.96. The van der Waals surface area contributed by atoms with Gasteiger partial charge < -0.3 is 5.32 Å². The zero-order chi connectivity index (χ0) is 12.1. The second kappa shape index (κ2) is 5.46. The summed E-state index contributed by atoms with van der Waals surface area (Å²) in [6.45, 7) is 0.924. The molecule has 1 atom stereocenters. The SMILES string of the molecule is CC(=O)N[C@H](C[N+](=O)[O-])c1ccccc1Cl. The van der Waals surface area contributed by atoms with Gasteiger partial charge in [-0.1, -0.05) is 29.8 Å². The third-order valence-corrected chi connectivity index (χ3v) is 2.33. The van der Waals surface area contributed by atoms with Crippen molar-refractivity contribution in [3.05, 3.63) is 45.0 Å². The highest BCUT2D eigenvalue weighted by Gasteiger charge is 2.20. The summed E-state index contributed by atoms with van der Waals surface area (Å²) in [5.74, 6) is -0.327. The van der Waals surface area contributed by atoms with E-state index in [9.17, 15) is 14.9 Å². The Morgan fingerprint density at radius 1 is 1.56 bits per heavy atom. The number of rotatable bonds is 4. The lowest BCUT2D eigenvalue weighted by Gasteiger charge is -2.15. The van der Waals surface area contributed by atoms with E-state index >= 15 is 0 Å². The summed E-state index contributed by atoms with van der Waals surface area (Å²) >= 11 is 5.91. The molecule has 0 fully saturated rings. The molecule has 1 N–H and O–H groups in total. The molecule has 16 heavy (non-hydrogen) atoms. The monoisotopic (exact) mass is 242 g/mol. The average Bonchev–Trinajstić information content (AvgIpc) is 2.15. The number of carbonyl (C=O) groups is 1. The number of benzene rings is 1. The molecule has 0 spiro atoms. The van der Waals surface area contributed by atoms with Crippen LogP contribution in [0.4, 0.5) is 0 Å². The van der Waals surface area contributed by atoms with Crippen LogP contribution >= 0.6 is 11.6 Å². The number of nitrogens with one attached hydrogen (secondary N) is 1. The molecule has 0 aliphatic heterocycles. The van der Waals surface area contributed by atoms with Gasteiger partial charge in [0.1, 0.15) is 6.04 Å². The van der Waals surface area contributed by atoms with Crippen molar-refractivity contribution in [1.29, 1.82) is 0 Å². The molecule has 1 amide bonds. The standard InChI is InChI=1S/C10H11ClN2O3/c1-7(14)12-10(6-13(15)16)8-4-2-3-5-9(8)11/h2-5,10H,6H2,1H3,(H,12,14)/t10-/m1/s1. The van der Waals surface area contributed by atoms with Gasteiger partial charge in [-0.2, -0.15) is 0 Å². The number of nitro groups is 1. The van der Waals surface area contributed by atoms with Crippen molar-refractivity contribution in [3.63, 3.8) is 0 Å². The van der Waals surface area contributed by atoms with Gasteiger partial charge in [0.05, 0.1) is 0 Å². The third kappa shape index (κ3) is 3.51. The van der Waals surface area contributed by atoms with Crippen LogP contribution in [0.15, 0.2) is 24.3 Å². The first-order valence-electron chi connectivity index (χ1n) is 4.64. The van der Waals surface area contributed by atoms with Crippen LogP contribution < -0.4 is 5.32 Å². The number of hydrogen-bond donors (Lipinski definition) is 1. The summed E-state index contributed by atoms with van der Waals surface area (Å²) < 4.78 is 0. The van der Waals surface area contributed by atoms with Crippen LogP contribution in [0.5, 0.6) is 0 Å². The van der Waals surface area contributed by atoms with E-state index < -0.39 is 11.0 Å². The zero-order valence-corrected chi connectivity index (χ0v) is 9.40. The molecule has 6 heteroatoms. The van der Waals surface area contributed by atoms with E-state index in [1.807, 2.05) is 0 Å². The molecule has 0 aromatic heterocycles. The van der Waals surface area contributed by atoms with Crippen LogP contribution in [0.2, 0.25) is 5.02 Å². The first kappa shape index (κ1) is 12.4. The average molecular weight is 243 g/mol. The lowest BCUT2D eigenvalue weighted by molar-refractivity contribution is -0.484. The van der Waals surface area contributed by atoms with Gasteiger partial charge in [-0.25, -0.2) is 0 Å². The summed E-state index contributed by atoms with van der Waals surface area (Å²) in [6, 6.07) is 6.04. The minimum Gasteiger partial charge on any atom is -0.343 e. The normalized spacial score (nSPS) is 11.9. The molecule has 0 saturated heterocycles. The van der Waals surface area contributed by atoms with Gasteiger partial charge in [0.15, 0.2) is 0 Å². The topological polar surface area (TPSA) is 72.2 Å². The zero-order valence-electron chi connectivity index (χ0n) is 8.64. The summed E-state index contributed by atoms with van der Waals surface area (Å²) in [7, 11) is 0. The van der Waals surface area contributed by atoms with E-state index in [0.29, 0.717) is 10.6 Å². The number of hydrogen-bond acceptors (Lipinski definition) is 3. The summed E-state index contributed by atoms with van der Waals surface area (Å²) in [6.07, 6.45) is 0. The Bertz CT molecular complexity index is 393. The predicted octanol–water partition coefficient (Wildman–Crippen LogP) is 1.79. The van der Waals surface area contributed by atoms with Gasteiger partial charge in [-0.15, -0.1) is 0 Å². The fourth-order valence-electron chi connectivity index (χ4n) is 1.37. The third-order valence-electron chi connectivity index (χ3n) is 1.99. The van der Waals surface area contributed by atoms with Crippen molar-refractivity contribution < 1.29 is 9.72 Å². The molecule has 0 saturated carbocycles. The van der Waals surface area contributed by atoms with Crippen molar-refractivity contribution in [3.8, 4) is 0 Å². The van der Waals surface area contributed by atoms with Crippen LogP contribution in [-0.2, 0) is 4.79 Å². The van der Waals surface area contributed by atoms with Gasteiger partial charge in [0.2, 0.25) is 12.5 Å². The number of amides is 1. The highest BCUT2D eigenvalue weighted by atomic mass is 35.5. The maximum Gasteiger partial charge on any atom is 0.228 e. The Morgan fingerprint density at radius 2 is 2.19 bits per heavy atom. The van der Waals surface area contributed by atoms with Crippen molar-refractivity contribution in [2.45, 2.75) is 13.0 Å². The second-order valence-electron chi connectivity index (χ2n) is 3.29. The minimum atomic E-state index is -0.693. The van der Waals surface area contributed by atoms with E-state index in [0.717, 1.165) is 0 Å². The maximum absolute atomic E-state index is 10.9. The first-order valence-corrected chi connectivity index (χ1v) is 5.02. The van der Waals surface area contributed by atoms with Crippen LogP contribution in [-0.4, -0.2) is 17.4 Å². The molecule has 1 aromatic rings. The molecule has 86 valence electrons. The van der Waals surface area contributed by atoms with E-state index in [1.54, 1.807) is 24.3 Å². The molecular formula is C10H11ClN2O3. The van der Waals surface area contributed by atoms with Crippen molar-refractivity contribution in [2.75, 3.05) is 6.54 Å². The van der Waals surface area contributed by atoms with E-state index in [4.69, 9.17) is 11.6 Å². The van der Waals surface area contributed by atoms with Crippen molar-refractivity contribution >= 4 is 17.5 Å². The molecule has 0 heterocycles. The lowest BCUT2D eigenvalue weighted by Crippen LogP contribution is -2.31. The molecule has 0 aliphatic rings. The Labute approximate surface area is 97.6 Å². The summed E-state index contributed by atoms with van der Waals surface area (Å²) in [4.78, 5) is 20.9. The lowest BCUT2D eigenvalue weighted by atomic mass is 10.1. The van der Waals surface area contributed by atoms with Crippen LogP contribution in [0.25, 0.3) is 0 Å². The molecule has 5 nitrogen and oxygen atoms in total. The largest absolute Gasteiger partial charge is 0.343 e. The van der Waals surface area contributed by atoms with Gasteiger partial charge in [0, 0.05) is 16.9 Å². The maximum atomic E-state index is 10.9. The van der Waals surface area contributed by atoms with Crippen molar-refractivity contribution in [2.24, 2.45) is 0 Å². The molecule has 1 aromatic carbocycles. The number of nitrogens with zero attached hydrogens (tertiary/aromatic N) is 1. The second-order valence-corrected chi connectivity index (χ2v) is 3.70. The molecule has 1 rings (SSSR count). The first-order chi connectivity index (χ1) is 7.50. The molecule has 0 aliphatic carbocycles. The summed E-state index contributed by atoms with van der Waals surface area (Å²) in [5.41, 5.74) is 0.552. The highest BCUT2D eigenvalue weighted by Crippen LogP contribution is 2.22. The summed E-state index contributed by atoms with van der Waals surface area (Å²) in [5, 5.41) is 13.4. The van der Waals surface area contributed by atoms with Crippen molar-refractivity contribution in [1.82, 2.24) is 5.32 Å². The van der Waals surface area contributed by atoms with E-state index in [1.165, 1.54) is 6.92 Å². The number of halogens is 1. The Hall–Kier alpha value is -1.62. The van der Waals surface area contributed by atoms with E-state index in [2.05, 4.69) is 5.32 Å². The van der Waals surface area contributed by atoms with Gasteiger partial charge >= 0.3 is 0 Å².